The van der Waals surface area contributed by atoms with Crippen LogP contribution < -0.4 is 10.6 Å². The predicted octanol–water partition coefficient (Wildman–Crippen LogP) is 4.61. The summed E-state index contributed by atoms with van der Waals surface area (Å²) in [5.41, 5.74) is 0.371. The Bertz CT molecular complexity index is 843. The maximum absolute atomic E-state index is 12.7. The van der Waals surface area contributed by atoms with Gasteiger partial charge in [0.05, 0.1) is 6.61 Å². The molecule has 1 fully saturated rings. The zero-order valence-electron chi connectivity index (χ0n) is 24.2. The highest BCUT2D eigenvalue weighted by molar-refractivity contribution is 5.86. The number of carbonyl (C=O) groups is 3. The van der Waals surface area contributed by atoms with Gasteiger partial charge in [-0.05, 0) is 62.4 Å². The predicted molar refractivity (Wildman–Crippen MR) is 144 cm³/mol. The molecule has 1 saturated carbocycles. The van der Waals surface area contributed by atoms with Gasteiger partial charge in [0, 0.05) is 18.2 Å². The van der Waals surface area contributed by atoms with Crippen LogP contribution in [0.15, 0.2) is 24.3 Å². The quantitative estimate of drug-likeness (QED) is 0.0957. The minimum absolute atomic E-state index is 0.0377. The summed E-state index contributed by atoms with van der Waals surface area (Å²) in [6, 6.07) is -0.154. The molecule has 0 aromatic rings. The maximum Gasteiger partial charge on any atom is 0.407 e. The SMILES string of the molecule is C=C(C)C(=O)OCC(CC)OC(=O)NCC1(C)CC(NC(=O)OC(CC)COC(O)C(=C)C)CC(C)(C)C1. The largest absolute Gasteiger partial charge is 0.458 e. The van der Waals surface area contributed by atoms with Crippen LogP contribution in [0.5, 0.6) is 0 Å². The van der Waals surface area contributed by atoms with E-state index in [0.717, 1.165) is 12.8 Å². The molecule has 1 rings (SSSR count). The third-order valence-corrected chi connectivity index (χ3v) is 6.49. The van der Waals surface area contributed by atoms with Gasteiger partial charge in [0.25, 0.3) is 0 Å². The fourth-order valence-corrected chi connectivity index (χ4v) is 4.80. The Hall–Kier alpha value is -2.59. The zero-order chi connectivity index (χ0) is 29.1. The first-order valence-electron chi connectivity index (χ1n) is 13.3. The van der Waals surface area contributed by atoms with E-state index in [1.54, 1.807) is 13.8 Å². The fraction of sp³-hybridized carbons (Fsp3) is 0.750. The van der Waals surface area contributed by atoms with E-state index in [4.69, 9.17) is 18.9 Å². The maximum atomic E-state index is 12.7. The summed E-state index contributed by atoms with van der Waals surface area (Å²) in [6.07, 6.45) is -0.0465. The first-order valence-corrected chi connectivity index (χ1v) is 13.3. The lowest BCUT2D eigenvalue weighted by Gasteiger charge is -2.46. The number of hydrogen-bond donors (Lipinski definition) is 3. The van der Waals surface area contributed by atoms with Crippen molar-refractivity contribution in [2.24, 2.45) is 10.8 Å². The molecule has 1 aliphatic rings. The standard InChI is InChI=1S/C28H48N2O8/c1-10-21(14-35-23(31)18(3)4)37-25(33)29-17-28(9)13-20(12-27(7,8)16-28)30-26(34)38-22(11-2)15-36-24(32)19(5)6/h20-22,24,32H,3,5,10-17H2,1-2,4,6-9H3,(H,29,33)(H,30,34). The normalized spacial score (nSPS) is 22.8. The second-order valence-electron chi connectivity index (χ2n) is 11.5. The van der Waals surface area contributed by atoms with Crippen LogP contribution in [0.2, 0.25) is 0 Å². The summed E-state index contributed by atoms with van der Waals surface area (Å²) in [4.78, 5) is 36.8. The van der Waals surface area contributed by atoms with Crippen molar-refractivity contribution in [3.63, 3.8) is 0 Å². The van der Waals surface area contributed by atoms with Crippen molar-refractivity contribution < 1.29 is 38.4 Å². The van der Waals surface area contributed by atoms with E-state index in [1.165, 1.54) is 0 Å². The molecule has 5 atom stereocenters. The van der Waals surface area contributed by atoms with Crippen molar-refractivity contribution in [2.75, 3.05) is 19.8 Å². The number of nitrogens with one attached hydrogen (secondary N) is 2. The van der Waals surface area contributed by atoms with Gasteiger partial charge in [-0.2, -0.15) is 0 Å². The van der Waals surface area contributed by atoms with Crippen molar-refractivity contribution in [3.05, 3.63) is 24.3 Å². The van der Waals surface area contributed by atoms with Gasteiger partial charge in [0.2, 0.25) is 0 Å². The van der Waals surface area contributed by atoms with Gasteiger partial charge in [0.1, 0.15) is 18.8 Å². The zero-order valence-corrected chi connectivity index (χ0v) is 24.2. The third kappa shape index (κ3) is 12.3. The third-order valence-electron chi connectivity index (χ3n) is 6.49. The number of ether oxygens (including phenoxy) is 4. The lowest BCUT2D eigenvalue weighted by Crippen LogP contribution is -2.51. The second-order valence-corrected chi connectivity index (χ2v) is 11.5. The lowest BCUT2D eigenvalue weighted by atomic mass is 9.62. The van der Waals surface area contributed by atoms with Gasteiger partial charge in [-0.1, -0.05) is 47.8 Å². The Kier molecular flexibility index (Phi) is 13.3. The average Bonchev–Trinajstić information content (AvgIpc) is 2.80. The van der Waals surface area contributed by atoms with Crippen molar-refractivity contribution in [3.8, 4) is 0 Å². The number of alkyl carbamates (subject to hydrolysis) is 2. The van der Waals surface area contributed by atoms with E-state index in [0.29, 0.717) is 31.4 Å². The van der Waals surface area contributed by atoms with Crippen molar-refractivity contribution in [1.29, 1.82) is 0 Å². The van der Waals surface area contributed by atoms with Crippen molar-refractivity contribution in [2.45, 2.75) is 105 Å². The molecule has 0 heterocycles. The van der Waals surface area contributed by atoms with E-state index in [2.05, 4.69) is 44.6 Å². The van der Waals surface area contributed by atoms with E-state index < -0.39 is 36.7 Å². The highest BCUT2D eigenvalue weighted by Gasteiger charge is 2.42. The van der Waals surface area contributed by atoms with Gasteiger partial charge < -0.3 is 34.7 Å². The number of amides is 2. The van der Waals surface area contributed by atoms with Crippen LogP contribution in [-0.2, 0) is 23.7 Å². The molecule has 1 aliphatic carbocycles. The molecule has 5 unspecified atom stereocenters. The Morgan fingerprint density at radius 3 is 2.11 bits per heavy atom. The van der Waals surface area contributed by atoms with Crippen LogP contribution in [-0.4, -0.2) is 67.6 Å². The highest BCUT2D eigenvalue weighted by atomic mass is 16.6. The summed E-state index contributed by atoms with van der Waals surface area (Å²) >= 11 is 0. The Balaban J connectivity index is 2.65. The average molecular weight is 541 g/mol. The van der Waals surface area contributed by atoms with Gasteiger partial charge in [-0.3, -0.25) is 0 Å². The van der Waals surface area contributed by atoms with E-state index in [9.17, 15) is 19.5 Å². The van der Waals surface area contributed by atoms with Crippen molar-refractivity contribution >= 4 is 18.2 Å². The minimum Gasteiger partial charge on any atom is -0.458 e. The number of rotatable bonds is 14. The van der Waals surface area contributed by atoms with Crippen LogP contribution in [0.4, 0.5) is 9.59 Å². The first kappa shape index (κ1) is 33.4. The molecule has 0 aromatic heterocycles. The van der Waals surface area contributed by atoms with Crippen molar-refractivity contribution in [1.82, 2.24) is 10.6 Å². The molecule has 3 N–H and O–H groups in total. The Morgan fingerprint density at radius 1 is 0.974 bits per heavy atom. The number of aliphatic hydroxyl groups is 1. The van der Waals surface area contributed by atoms with Crippen LogP contribution >= 0.6 is 0 Å². The molecular formula is C28H48N2O8. The molecule has 218 valence electrons. The highest BCUT2D eigenvalue weighted by Crippen LogP contribution is 2.45. The van der Waals surface area contributed by atoms with Gasteiger partial charge in [0.15, 0.2) is 6.29 Å². The molecule has 38 heavy (non-hydrogen) atoms. The molecule has 10 heteroatoms. The van der Waals surface area contributed by atoms with Gasteiger partial charge in [-0.25, -0.2) is 14.4 Å². The molecule has 2 amide bonds. The second kappa shape index (κ2) is 15.1. The van der Waals surface area contributed by atoms with Crippen LogP contribution in [0, 0.1) is 10.8 Å². The van der Waals surface area contributed by atoms with Crippen LogP contribution in [0.25, 0.3) is 0 Å². The van der Waals surface area contributed by atoms with Gasteiger partial charge >= 0.3 is 18.2 Å². The molecule has 0 aliphatic heterocycles. The molecule has 0 radical (unpaired) electrons. The summed E-state index contributed by atoms with van der Waals surface area (Å²) in [7, 11) is 0. The van der Waals surface area contributed by atoms with E-state index >= 15 is 0 Å². The smallest absolute Gasteiger partial charge is 0.407 e. The summed E-state index contributed by atoms with van der Waals surface area (Å²) in [6.45, 7) is 20.8. The van der Waals surface area contributed by atoms with Gasteiger partial charge in [-0.15, -0.1) is 0 Å². The minimum atomic E-state index is -1.10. The molecular weight excluding hydrogens is 492 g/mol. The Morgan fingerprint density at radius 2 is 1.55 bits per heavy atom. The number of hydrogen-bond acceptors (Lipinski definition) is 8. The molecule has 0 aromatic carbocycles. The summed E-state index contributed by atoms with van der Waals surface area (Å²) in [5.74, 6) is -0.524. The first-order chi connectivity index (χ1) is 17.6. The monoisotopic (exact) mass is 540 g/mol. The molecule has 0 saturated heterocycles. The Labute approximate surface area is 227 Å². The van der Waals surface area contributed by atoms with Crippen LogP contribution in [0.1, 0.15) is 80.6 Å². The van der Waals surface area contributed by atoms with E-state index in [1.807, 2.05) is 13.8 Å². The summed E-state index contributed by atoms with van der Waals surface area (Å²) in [5, 5.41) is 15.6. The topological polar surface area (TPSA) is 132 Å². The van der Waals surface area contributed by atoms with Crippen LogP contribution in [0.3, 0.4) is 0 Å². The fourth-order valence-electron chi connectivity index (χ4n) is 4.80. The van der Waals surface area contributed by atoms with E-state index in [-0.39, 0.29) is 35.7 Å². The number of carbonyl (C=O) groups excluding carboxylic acids is 3. The number of esters is 1. The molecule has 10 nitrogen and oxygen atoms in total. The lowest BCUT2D eigenvalue weighted by molar-refractivity contribution is -0.142. The molecule has 0 bridgehead atoms. The number of aliphatic hydroxyl groups excluding tert-OH is 1. The molecule has 0 spiro atoms. The summed E-state index contributed by atoms with van der Waals surface area (Å²) < 4.78 is 21.4.